The second-order valence-corrected chi connectivity index (χ2v) is 6.97. The molecule has 0 aliphatic carbocycles. The van der Waals surface area contributed by atoms with Gasteiger partial charge in [-0.1, -0.05) is 35.3 Å². The van der Waals surface area contributed by atoms with Gasteiger partial charge in [-0.15, -0.1) is 11.3 Å². The van der Waals surface area contributed by atoms with Gasteiger partial charge >= 0.3 is 5.63 Å². The van der Waals surface area contributed by atoms with Gasteiger partial charge < -0.3 is 9.73 Å². The van der Waals surface area contributed by atoms with Crippen LogP contribution in [0.1, 0.15) is 0 Å². The van der Waals surface area contributed by atoms with E-state index in [1.165, 1.54) is 11.3 Å². The number of nitrogens with one attached hydrogen (secondary N) is 1. The second kappa shape index (κ2) is 6.52. The van der Waals surface area contributed by atoms with Gasteiger partial charge in [0.15, 0.2) is 5.13 Å². The van der Waals surface area contributed by atoms with Gasteiger partial charge in [0.25, 0.3) is 0 Å². The Bertz CT molecular complexity index is 1140. The molecular formula is C18H10Cl2N2O2S. The van der Waals surface area contributed by atoms with E-state index >= 15 is 0 Å². The summed E-state index contributed by atoms with van der Waals surface area (Å²) in [6, 6.07) is 14.2. The molecule has 4 nitrogen and oxygen atoms in total. The Morgan fingerprint density at radius 1 is 1.08 bits per heavy atom. The molecule has 2 aromatic heterocycles. The van der Waals surface area contributed by atoms with Crippen molar-refractivity contribution in [3.63, 3.8) is 0 Å². The first-order valence-electron chi connectivity index (χ1n) is 7.31. The van der Waals surface area contributed by atoms with Crippen LogP contribution in [0.25, 0.3) is 22.2 Å². The lowest BCUT2D eigenvalue weighted by Crippen LogP contribution is -2.03. The molecule has 2 aromatic carbocycles. The number of rotatable bonds is 3. The Hall–Kier alpha value is -2.34. The van der Waals surface area contributed by atoms with Crippen LogP contribution in [0, 0.1) is 0 Å². The Morgan fingerprint density at radius 3 is 2.76 bits per heavy atom. The maximum absolute atomic E-state index is 12.3. The van der Waals surface area contributed by atoms with Crippen molar-refractivity contribution < 1.29 is 4.42 Å². The average Bonchev–Trinajstić information content (AvgIpc) is 3.05. The van der Waals surface area contributed by atoms with Gasteiger partial charge in [-0.05, 0) is 36.4 Å². The molecule has 2 heterocycles. The maximum atomic E-state index is 12.3. The minimum atomic E-state index is -0.440. The number of benzene rings is 2. The normalized spacial score (nSPS) is 11.0. The van der Waals surface area contributed by atoms with Crippen LogP contribution >= 0.6 is 34.5 Å². The van der Waals surface area contributed by atoms with Gasteiger partial charge in [-0.25, -0.2) is 9.78 Å². The number of anilines is 2. The highest BCUT2D eigenvalue weighted by molar-refractivity contribution is 7.14. The summed E-state index contributed by atoms with van der Waals surface area (Å²) in [7, 11) is 0. The molecular weight excluding hydrogens is 379 g/mol. The van der Waals surface area contributed by atoms with Gasteiger partial charge in [0, 0.05) is 15.8 Å². The van der Waals surface area contributed by atoms with Crippen molar-refractivity contribution >= 4 is 56.3 Å². The predicted octanol–water partition coefficient (Wildman–Crippen LogP) is 5.97. The summed E-state index contributed by atoms with van der Waals surface area (Å²) >= 11 is 13.5. The van der Waals surface area contributed by atoms with Crippen molar-refractivity contribution in [2.45, 2.75) is 0 Å². The number of hydrogen-bond acceptors (Lipinski definition) is 5. The van der Waals surface area contributed by atoms with Crippen molar-refractivity contribution in [1.82, 2.24) is 4.98 Å². The van der Waals surface area contributed by atoms with E-state index in [1.54, 1.807) is 35.7 Å². The third-order valence-corrected chi connectivity index (χ3v) is 4.91. The molecule has 0 spiro atoms. The lowest BCUT2D eigenvalue weighted by Gasteiger charge is -2.04. The van der Waals surface area contributed by atoms with Crippen LogP contribution in [0.5, 0.6) is 0 Å². The Kier molecular flexibility index (Phi) is 4.21. The average molecular weight is 389 g/mol. The molecule has 1 N–H and O–H groups in total. The first-order chi connectivity index (χ1) is 12.1. The van der Waals surface area contributed by atoms with Crippen molar-refractivity contribution in [3.05, 3.63) is 74.4 Å². The van der Waals surface area contributed by atoms with Crippen LogP contribution in [0.3, 0.4) is 0 Å². The molecule has 124 valence electrons. The van der Waals surface area contributed by atoms with Crippen molar-refractivity contribution in [1.29, 1.82) is 0 Å². The summed E-state index contributed by atoms with van der Waals surface area (Å²) in [6.07, 6.45) is 0. The van der Waals surface area contributed by atoms with Crippen LogP contribution in [-0.2, 0) is 0 Å². The van der Waals surface area contributed by atoms with Crippen molar-refractivity contribution in [2.75, 3.05) is 5.32 Å². The van der Waals surface area contributed by atoms with E-state index in [-0.39, 0.29) is 0 Å². The molecule has 0 radical (unpaired) electrons. The summed E-state index contributed by atoms with van der Waals surface area (Å²) in [5.41, 5.74) is 1.73. The van der Waals surface area contributed by atoms with Gasteiger partial charge in [0.2, 0.25) is 0 Å². The third kappa shape index (κ3) is 3.26. The molecule has 0 bridgehead atoms. The second-order valence-electron chi connectivity index (χ2n) is 5.27. The standard InChI is InChI=1S/C18H10Cl2N2O2S/c19-11-5-6-16-10(7-11)8-12(17(23)24-16)15-9-25-18(22-15)21-14-4-2-1-3-13(14)20/h1-9H,(H,21,22). The number of hydrogen-bond donors (Lipinski definition) is 1. The minimum absolute atomic E-state index is 0.387. The topological polar surface area (TPSA) is 55.1 Å². The molecule has 7 heteroatoms. The lowest BCUT2D eigenvalue weighted by atomic mass is 10.1. The van der Waals surface area contributed by atoms with Crippen LogP contribution in [0.2, 0.25) is 10.0 Å². The highest BCUT2D eigenvalue weighted by Crippen LogP contribution is 2.30. The molecule has 25 heavy (non-hydrogen) atoms. The number of thiazole rings is 1. The first kappa shape index (κ1) is 16.1. The van der Waals surface area contributed by atoms with Crippen LogP contribution in [-0.4, -0.2) is 4.98 Å². The van der Waals surface area contributed by atoms with E-state index < -0.39 is 5.63 Å². The Labute approximate surface area is 156 Å². The summed E-state index contributed by atoms with van der Waals surface area (Å²) in [5, 5.41) is 7.49. The van der Waals surface area contributed by atoms with Gasteiger partial charge in [0.1, 0.15) is 5.58 Å². The predicted molar refractivity (Wildman–Crippen MR) is 103 cm³/mol. The van der Waals surface area contributed by atoms with E-state index in [9.17, 15) is 4.79 Å². The zero-order chi connectivity index (χ0) is 17.4. The van der Waals surface area contributed by atoms with Crippen LogP contribution in [0.15, 0.2) is 63.1 Å². The zero-order valence-electron chi connectivity index (χ0n) is 12.6. The number of para-hydroxylation sites is 1. The fraction of sp³-hybridized carbons (Fsp3) is 0. The maximum Gasteiger partial charge on any atom is 0.345 e. The van der Waals surface area contributed by atoms with Gasteiger partial charge in [-0.2, -0.15) is 0 Å². The molecule has 0 aliphatic rings. The molecule has 0 atom stereocenters. The Balaban J connectivity index is 1.72. The number of nitrogens with zero attached hydrogens (tertiary/aromatic N) is 1. The van der Waals surface area contributed by atoms with Gasteiger partial charge in [-0.3, -0.25) is 0 Å². The molecule has 0 amide bonds. The van der Waals surface area contributed by atoms with Crippen molar-refractivity contribution in [2.24, 2.45) is 0 Å². The molecule has 0 fully saturated rings. The van der Waals surface area contributed by atoms with Crippen molar-refractivity contribution in [3.8, 4) is 11.3 Å². The van der Waals surface area contributed by atoms with E-state index in [4.69, 9.17) is 27.6 Å². The van der Waals surface area contributed by atoms with Gasteiger partial charge in [0.05, 0.1) is 22.0 Å². The molecule has 0 saturated heterocycles. The number of aromatic nitrogens is 1. The fourth-order valence-corrected chi connectivity index (χ4v) is 3.49. The highest BCUT2D eigenvalue weighted by atomic mass is 35.5. The Morgan fingerprint density at radius 2 is 1.92 bits per heavy atom. The third-order valence-electron chi connectivity index (χ3n) is 3.59. The minimum Gasteiger partial charge on any atom is -0.422 e. The molecule has 0 aliphatic heterocycles. The van der Waals surface area contributed by atoms with E-state index in [2.05, 4.69) is 10.3 Å². The molecule has 4 rings (SSSR count). The number of halogens is 2. The largest absolute Gasteiger partial charge is 0.422 e. The molecule has 0 saturated carbocycles. The number of fused-ring (bicyclic) bond motifs is 1. The summed E-state index contributed by atoms with van der Waals surface area (Å²) in [4.78, 5) is 16.7. The summed E-state index contributed by atoms with van der Waals surface area (Å²) in [5.74, 6) is 0. The van der Waals surface area contributed by atoms with E-state index in [0.717, 1.165) is 11.1 Å². The quantitative estimate of drug-likeness (QED) is 0.439. The highest BCUT2D eigenvalue weighted by Gasteiger charge is 2.12. The molecule has 4 aromatic rings. The monoisotopic (exact) mass is 388 g/mol. The summed E-state index contributed by atoms with van der Waals surface area (Å²) in [6.45, 7) is 0. The van der Waals surface area contributed by atoms with Crippen LogP contribution < -0.4 is 10.9 Å². The SMILES string of the molecule is O=c1oc2ccc(Cl)cc2cc1-c1csc(Nc2ccccc2Cl)n1. The fourth-order valence-electron chi connectivity index (χ4n) is 2.41. The zero-order valence-corrected chi connectivity index (χ0v) is 15.0. The molecule has 0 unspecified atom stereocenters. The summed E-state index contributed by atoms with van der Waals surface area (Å²) < 4.78 is 5.36. The smallest absolute Gasteiger partial charge is 0.345 e. The van der Waals surface area contributed by atoms with E-state index in [1.807, 2.05) is 18.2 Å². The first-order valence-corrected chi connectivity index (χ1v) is 8.94. The lowest BCUT2D eigenvalue weighted by molar-refractivity contribution is 0.563. The van der Waals surface area contributed by atoms with E-state index in [0.29, 0.717) is 32.0 Å². The van der Waals surface area contributed by atoms with Crippen LogP contribution in [0.4, 0.5) is 10.8 Å².